The Morgan fingerprint density at radius 1 is 1.05 bits per heavy atom. The van der Waals surface area contributed by atoms with Crippen LogP contribution in [0.1, 0.15) is 91.4 Å². The van der Waals surface area contributed by atoms with Crippen molar-refractivity contribution in [3.05, 3.63) is 0 Å². The minimum atomic E-state index is -0.618. The number of carboxylic acid groups (broad SMARTS) is 1. The van der Waals surface area contributed by atoms with E-state index in [4.69, 9.17) is 5.11 Å². The van der Waals surface area contributed by atoms with Crippen LogP contribution in [-0.4, -0.2) is 11.1 Å². The molecular formula is C19H36O2. The molecule has 1 N–H and O–H groups in total. The highest BCUT2D eigenvalue weighted by atomic mass is 16.4. The summed E-state index contributed by atoms with van der Waals surface area (Å²) in [7, 11) is 0. The highest BCUT2D eigenvalue weighted by molar-refractivity contribution is 5.67. The van der Waals surface area contributed by atoms with E-state index >= 15 is 0 Å². The summed E-state index contributed by atoms with van der Waals surface area (Å²) in [6.45, 7) is 7.10. The van der Waals surface area contributed by atoms with Gasteiger partial charge in [-0.25, -0.2) is 0 Å². The fraction of sp³-hybridized carbons (Fsp3) is 0.947. The highest BCUT2D eigenvalue weighted by Gasteiger charge is 2.26. The molecule has 0 saturated heterocycles. The lowest BCUT2D eigenvalue weighted by Gasteiger charge is -2.32. The Morgan fingerprint density at radius 3 is 2.29 bits per heavy atom. The molecule has 0 heterocycles. The first-order valence-electron chi connectivity index (χ1n) is 9.24. The molecule has 124 valence electrons. The van der Waals surface area contributed by atoms with Gasteiger partial charge in [0, 0.05) is 6.42 Å². The molecular weight excluding hydrogens is 260 g/mol. The second-order valence-corrected chi connectivity index (χ2v) is 7.53. The maximum atomic E-state index is 10.8. The zero-order valence-electron chi connectivity index (χ0n) is 14.4. The highest BCUT2D eigenvalue weighted by Crippen LogP contribution is 2.37. The Morgan fingerprint density at radius 2 is 1.71 bits per heavy atom. The molecule has 2 nitrogen and oxygen atoms in total. The second-order valence-electron chi connectivity index (χ2n) is 7.53. The monoisotopic (exact) mass is 296 g/mol. The van der Waals surface area contributed by atoms with Gasteiger partial charge in [0.15, 0.2) is 0 Å². The van der Waals surface area contributed by atoms with Gasteiger partial charge in [0.25, 0.3) is 0 Å². The fourth-order valence-electron chi connectivity index (χ4n) is 3.88. The van der Waals surface area contributed by atoms with Gasteiger partial charge in [-0.2, -0.15) is 0 Å². The van der Waals surface area contributed by atoms with Crippen LogP contribution >= 0.6 is 0 Å². The maximum absolute atomic E-state index is 10.8. The zero-order valence-corrected chi connectivity index (χ0v) is 14.4. The Labute approximate surface area is 131 Å². The molecule has 2 atom stereocenters. The zero-order chi connectivity index (χ0) is 15.7. The normalized spacial score (nSPS) is 25.5. The third-order valence-electron chi connectivity index (χ3n) is 5.57. The topological polar surface area (TPSA) is 37.3 Å². The molecule has 1 aliphatic carbocycles. The molecule has 1 rings (SSSR count). The molecule has 0 aliphatic heterocycles. The van der Waals surface area contributed by atoms with Gasteiger partial charge in [-0.1, -0.05) is 59.3 Å². The smallest absolute Gasteiger partial charge is 0.303 e. The van der Waals surface area contributed by atoms with Crippen LogP contribution in [0.5, 0.6) is 0 Å². The van der Waals surface area contributed by atoms with Crippen molar-refractivity contribution in [3.63, 3.8) is 0 Å². The molecule has 1 saturated carbocycles. The van der Waals surface area contributed by atoms with Gasteiger partial charge in [0.05, 0.1) is 0 Å². The lowest BCUT2D eigenvalue weighted by atomic mass is 9.74. The molecule has 0 bridgehead atoms. The van der Waals surface area contributed by atoms with Gasteiger partial charge in [-0.3, -0.25) is 4.79 Å². The molecule has 0 aromatic carbocycles. The van der Waals surface area contributed by atoms with E-state index in [-0.39, 0.29) is 0 Å². The lowest BCUT2D eigenvalue weighted by molar-refractivity contribution is -0.138. The van der Waals surface area contributed by atoms with Gasteiger partial charge in [0.1, 0.15) is 0 Å². The third-order valence-corrected chi connectivity index (χ3v) is 5.57. The van der Waals surface area contributed by atoms with Crippen LogP contribution in [0.3, 0.4) is 0 Å². The van der Waals surface area contributed by atoms with Crippen molar-refractivity contribution in [2.75, 3.05) is 0 Å². The lowest BCUT2D eigenvalue weighted by Crippen LogP contribution is -2.22. The largest absolute Gasteiger partial charge is 0.481 e. The van der Waals surface area contributed by atoms with Crippen molar-refractivity contribution in [3.8, 4) is 0 Å². The maximum Gasteiger partial charge on any atom is 0.303 e. The van der Waals surface area contributed by atoms with Crippen LogP contribution in [0, 0.1) is 23.7 Å². The van der Waals surface area contributed by atoms with E-state index in [9.17, 15) is 4.79 Å². The van der Waals surface area contributed by atoms with E-state index in [0.717, 1.165) is 30.6 Å². The molecule has 1 aliphatic rings. The van der Waals surface area contributed by atoms with Crippen LogP contribution in [0.4, 0.5) is 0 Å². The van der Waals surface area contributed by atoms with E-state index in [1.165, 1.54) is 51.4 Å². The molecule has 0 radical (unpaired) electrons. The minimum Gasteiger partial charge on any atom is -0.481 e. The van der Waals surface area contributed by atoms with Crippen LogP contribution in [-0.2, 0) is 4.79 Å². The minimum absolute atomic E-state index is 0.384. The first-order chi connectivity index (χ1) is 10.0. The van der Waals surface area contributed by atoms with E-state index < -0.39 is 5.97 Å². The summed E-state index contributed by atoms with van der Waals surface area (Å²) in [6, 6.07) is 0. The molecule has 2 unspecified atom stereocenters. The van der Waals surface area contributed by atoms with Crippen LogP contribution < -0.4 is 0 Å². The van der Waals surface area contributed by atoms with Gasteiger partial charge >= 0.3 is 5.97 Å². The van der Waals surface area contributed by atoms with Crippen molar-refractivity contribution in [2.24, 2.45) is 23.7 Å². The van der Waals surface area contributed by atoms with E-state index in [1.54, 1.807) is 0 Å². The summed E-state index contributed by atoms with van der Waals surface area (Å²) in [6.07, 6.45) is 13.4. The van der Waals surface area contributed by atoms with E-state index in [0.29, 0.717) is 12.3 Å². The SMILES string of the molecule is CCCCCC(C)CCC(C)C1CCC(CC(=O)O)CC1. The summed E-state index contributed by atoms with van der Waals surface area (Å²) in [5, 5.41) is 8.87. The Hall–Kier alpha value is -0.530. The Balaban J connectivity index is 2.15. The molecule has 2 heteroatoms. The molecule has 0 aromatic heterocycles. The fourth-order valence-corrected chi connectivity index (χ4v) is 3.88. The quantitative estimate of drug-likeness (QED) is 0.509. The van der Waals surface area contributed by atoms with Gasteiger partial charge in [0.2, 0.25) is 0 Å². The van der Waals surface area contributed by atoms with Crippen molar-refractivity contribution >= 4 is 5.97 Å². The average Bonchev–Trinajstić information content (AvgIpc) is 2.45. The van der Waals surface area contributed by atoms with Gasteiger partial charge in [-0.15, -0.1) is 0 Å². The van der Waals surface area contributed by atoms with Gasteiger partial charge in [-0.05, 0) is 49.4 Å². The molecule has 0 amide bonds. The van der Waals surface area contributed by atoms with Crippen molar-refractivity contribution in [1.29, 1.82) is 0 Å². The summed E-state index contributed by atoms with van der Waals surface area (Å²) >= 11 is 0. The second kappa shape index (κ2) is 10.2. The standard InChI is InChI=1S/C19H36O2/c1-4-5-6-7-15(2)8-9-16(3)18-12-10-17(11-13-18)14-19(20)21/h15-18H,4-14H2,1-3H3,(H,20,21). The summed E-state index contributed by atoms with van der Waals surface area (Å²) in [4.78, 5) is 10.8. The Kier molecular flexibility index (Phi) is 9.03. The van der Waals surface area contributed by atoms with Crippen LogP contribution in [0.2, 0.25) is 0 Å². The van der Waals surface area contributed by atoms with E-state index in [1.807, 2.05) is 0 Å². The Bertz CT molecular complexity index is 279. The summed E-state index contributed by atoms with van der Waals surface area (Å²) in [5.41, 5.74) is 0. The molecule has 0 spiro atoms. The van der Waals surface area contributed by atoms with Crippen LogP contribution in [0.25, 0.3) is 0 Å². The van der Waals surface area contributed by atoms with Crippen molar-refractivity contribution in [1.82, 2.24) is 0 Å². The van der Waals surface area contributed by atoms with Gasteiger partial charge < -0.3 is 5.11 Å². The first kappa shape index (κ1) is 18.5. The number of hydrogen-bond donors (Lipinski definition) is 1. The van der Waals surface area contributed by atoms with Crippen LogP contribution in [0.15, 0.2) is 0 Å². The first-order valence-corrected chi connectivity index (χ1v) is 9.24. The molecule has 21 heavy (non-hydrogen) atoms. The number of aliphatic carboxylic acids is 1. The molecule has 0 aromatic rings. The average molecular weight is 296 g/mol. The number of hydrogen-bond acceptors (Lipinski definition) is 1. The summed E-state index contributed by atoms with van der Waals surface area (Å²) in [5.74, 6) is 2.37. The molecule has 1 fully saturated rings. The predicted octanol–water partition coefficient (Wildman–Crippen LogP) is 5.90. The number of unbranched alkanes of at least 4 members (excludes halogenated alkanes) is 2. The van der Waals surface area contributed by atoms with Crippen molar-refractivity contribution < 1.29 is 9.90 Å². The number of rotatable bonds is 10. The van der Waals surface area contributed by atoms with Crippen molar-refractivity contribution in [2.45, 2.75) is 91.4 Å². The number of carboxylic acids is 1. The number of carbonyl (C=O) groups is 1. The predicted molar refractivity (Wildman–Crippen MR) is 89.4 cm³/mol. The van der Waals surface area contributed by atoms with E-state index in [2.05, 4.69) is 20.8 Å². The summed E-state index contributed by atoms with van der Waals surface area (Å²) < 4.78 is 0. The third kappa shape index (κ3) is 7.87.